The van der Waals surface area contributed by atoms with Crippen LogP contribution in [0.4, 0.5) is 18.9 Å². The van der Waals surface area contributed by atoms with Gasteiger partial charge in [0.15, 0.2) is 0 Å². The number of benzene rings is 1. The predicted molar refractivity (Wildman–Crippen MR) is 117 cm³/mol. The van der Waals surface area contributed by atoms with Gasteiger partial charge in [-0.2, -0.15) is 13.2 Å². The minimum Gasteiger partial charge on any atom is -0.462 e. The zero-order chi connectivity index (χ0) is 24.3. The molecule has 32 heavy (non-hydrogen) atoms. The van der Waals surface area contributed by atoms with Crippen LogP contribution >= 0.6 is 15.9 Å². The van der Waals surface area contributed by atoms with Gasteiger partial charge in [0.25, 0.3) is 0 Å². The van der Waals surface area contributed by atoms with Gasteiger partial charge in [0, 0.05) is 30.1 Å². The van der Waals surface area contributed by atoms with Crippen LogP contribution in [-0.2, 0) is 27.0 Å². The average molecular weight is 524 g/mol. The molecule has 1 heterocycles. The smallest absolute Gasteiger partial charge is 0.416 e. The number of hydrogen-bond donors (Lipinski definition) is 2. The number of halogens is 4. The standard InChI is InChI=1S/C21H29BrF3N3O4/c1-5-31-19(30)13-8-15(21(23,24)25)14(17(22)18(13)26)11-28-7-6-12(10-28)27-9-16(29)32-20(2,3)4/h8,12,27H,5-7,9-11,26H2,1-4H3/t12-/m1/s1. The Balaban J connectivity index is 2.15. The topological polar surface area (TPSA) is 93.9 Å². The van der Waals surface area contributed by atoms with Crippen molar-refractivity contribution in [3.63, 3.8) is 0 Å². The number of carbonyl (C=O) groups excluding carboxylic acids is 2. The lowest BCUT2D eigenvalue weighted by Gasteiger charge is -2.23. The summed E-state index contributed by atoms with van der Waals surface area (Å²) >= 11 is 3.16. The monoisotopic (exact) mass is 523 g/mol. The van der Waals surface area contributed by atoms with Gasteiger partial charge in [-0.1, -0.05) is 0 Å². The predicted octanol–water partition coefficient (Wildman–Crippen LogP) is 3.73. The number of rotatable bonds is 7. The Bertz CT molecular complexity index is 856. The third kappa shape index (κ3) is 7.08. The van der Waals surface area contributed by atoms with Crippen molar-refractivity contribution < 1.29 is 32.2 Å². The number of alkyl halides is 3. The first kappa shape index (κ1) is 26.4. The molecule has 0 spiro atoms. The van der Waals surface area contributed by atoms with Gasteiger partial charge in [-0.15, -0.1) is 0 Å². The van der Waals surface area contributed by atoms with Crippen molar-refractivity contribution in [3.8, 4) is 0 Å². The van der Waals surface area contributed by atoms with E-state index in [4.69, 9.17) is 15.2 Å². The molecule has 0 amide bonds. The molecule has 1 aliphatic rings. The van der Waals surface area contributed by atoms with Gasteiger partial charge in [0.2, 0.25) is 0 Å². The summed E-state index contributed by atoms with van der Waals surface area (Å²) in [6, 6.07) is 0.689. The van der Waals surface area contributed by atoms with Crippen LogP contribution in [0.5, 0.6) is 0 Å². The van der Waals surface area contributed by atoms with Crippen molar-refractivity contribution in [1.29, 1.82) is 0 Å². The second kappa shape index (κ2) is 10.4. The molecule has 0 aromatic heterocycles. The summed E-state index contributed by atoms with van der Waals surface area (Å²) < 4.78 is 51.5. The van der Waals surface area contributed by atoms with E-state index in [1.54, 1.807) is 27.7 Å². The van der Waals surface area contributed by atoms with Gasteiger partial charge >= 0.3 is 18.1 Å². The molecule has 1 aromatic rings. The van der Waals surface area contributed by atoms with Crippen LogP contribution in [0.2, 0.25) is 0 Å². The van der Waals surface area contributed by atoms with E-state index in [0.717, 1.165) is 6.07 Å². The first-order valence-corrected chi connectivity index (χ1v) is 11.0. The zero-order valence-corrected chi connectivity index (χ0v) is 20.2. The number of ether oxygens (including phenoxy) is 2. The molecule has 1 fully saturated rings. The molecule has 2 rings (SSSR count). The maximum absolute atomic E-state index is 13.8. The maximum Gasteiger partial charge on any atom is 0.416 e. The number of nitrogen functional groups attached to an aromatic ring is 1. The summed E-state index contributed by atoms with van der Waals surface area (Å²) in [6.45, 7) is 7.89. The molecule has 180 valence electrons. The zero-order valence-electron chi connectivity index (χ0n) is 18.6. The van der Waals surface area contributed by atoms with Crippen LogP contribution in [0.25, 0.3) is 0 Å². The van der Waals surface area contributed by atoms with Crippen molar-refractivity contribution >= 4 is 33.6 Å². The number of hydrogen-bond acceptors (Lipinski definition) is 7. The molecule has 1 atom stereocenters. The van der Waals surface area contributed by atoms with Crippen molar-refractivity contribution in [2.45, 2.75) is 58.5 Å². The Kier molecular flexibility index (Phi) is 8.57. The molecule has 0 aliphatic carbocycles. The number of anilines is 1. The van der Waals surface area contributed by atoms with Crippen LogP contribution in [-0.4, -0.2) is 54.7 Å². The molecule has 1 saturated heterocycles. The fraction of sp³-hybridized carbons (Fsp3) is 0.619. The van der Waals surface area contributed by atoms with Gasteiger partial charge in [-0.05, 0) is 61.7 Å². The average Bonchev–Trinajstić information content (AvgIpc) is 3.09. The van der Waals surface area contributed by atoms with Crippen LogP contribution < -0.4 is 11.1 Å². The number of esters is 2. The molecule has 7 nitrogen and oxygen atoms in total. The lowest BCUT2D eigenvalue weighted by Crippen LogP contribution is -2.38. The van der Waals surface area contributed by atoms with Gasteiger partial charge in [-0.3, -0.25) is 9.69 Å². The first-order chi connectivity index (χ1) is 14.7. The third-order valence-corrected chi connectivity index (χ3v) is 5.72. The number of carbonyl (C=O) groups is 2. The van der Waals surface area contributed by atoms with Gasteiger partial charge < -0.3 is 20.5 Å². The van der Waals surface area contributed by atoms with E-state index >= 15 is 0 Å². The number of nitrogens with two attached hydrogens (primary N) is 1. The molecule has 0 saturated carbocycles. The Labute approximate surface area is 193 Å². The highest BCUT2D eigenvalue weighted by Crippen LogP contribution is 2.40. The van der Waals surface area contributed by atoms with Crippen molar-refractivity contribution in [1.82, 2.24) is 10.2 Å². The summed E-state index contributed by atoms with van der Waals surface area (Å²) in [7, 11) is 0. The van der Waals surface area contributed by atoms with Crippen molar-refractivity contribution in [2.75, 3.05) is 32.0 Å². The fourth-order valence-electron chi connectivity index (χ4n) is 3.47. The number of nitrogens with one attached hydrogen (secondary N) is 1. The Hall–Kier alpha value is -1.85. The van der Waals surface area contributed by atoms with E-state index < -0.39 is 23.3 Å². The SMILES string of the molecule is CCOC(=O)c1cc(C(F)(F)F)c(CN2CC[C@@H](NCC(=O)OC(C)(C)C)C2)c(Br)c1N. The second-order valence-electron chi connectivity index (χ2n) is 8.58. The molecule has 1 aromatic carbocycles. The molecule has 0 radical (unpaired) electrons. The van der Waals surface area contributed by atoms with E-state index in [1.165, 1.54) is 0 Å². The highest BCUT2D eigenvalue weighted by atomic mass is 79.9. The third-order valence-electron chi connectivity index (χ3n) is 4.82. The summed E-state index contributed by atoms with van der Waals surface area (Å²) in [4.78, 5) is 25.8. The lowest BCUT2D eigenvalue weighted by atomic mass is 10.0. The van der Waals surface area contributed by atoms with Crippen LogP contribution in [0.3, 0.4) is 0 Å². The molecule has 0 bridgehead atoms. The molecular weight excluding hydrogens is 495 g/mol. The Morgan fingerprint density at radius 1 is 1.31 bits per heavy atom. The fourth-order valence-corrected chi connectivity index (χ4v) is 4.02. The quantitative estimate of drug-likeness (QED) is 0.415. The van der Waals surface area contributed by atoms with E-state index in [1.807, 2.05) is 4.90 Å². The first-order valence-electron chi connectivity index (χ1n) is 10.3. The van der Waals surface area contributed by atoms with Crippen LogP contribution in [0, 0.1) is 0 Å². The van der Waals surface area contributed by atoms with Crippen molar-refractivity contribution in [3.05, 3.63) is 27.2 Å². The highest BCUT2D eigenvalue weighted by Gasteiger charge is 2.38. The Morgan fingerprint density at radius 2 is 1.97 bits per heavy atom. The summed E-state index contributed by atoms with van der Waals surface area (Å²) in [5.41, 5.74) is 3.97. The largest absolute Gasteiger partial charge is 0.462 e. The van der Waals surface area contributed by atoms with Crippen LogP contribution in [0.15, 0.2) is 10.5 Å². The molecule has 3 N–H and O–H groups in total. The van der Waals surface area contributed by atoms with Gasteiger partial charge in [0.05, 0.1) is 30.0 Å². The summed E-state index contributed by atoms with van der Waals surface area (Å²) in [5.74, 6) is -1.30. The minimum atomic E-state index is -4.68. The summed E-state index contributed by atoms with van der Waals surface area (Å²) in [6.07, 6.45) is -4.01. The highest BCUT2D eigenvalue weighted by molar-refractivity contribution is 9.10. The van der Waals surface area contributed by atoms with Crippen molar-refractivity contribution in [2.24, 2.45) is 0 Å². The second-order valence-corrected chi connectivity index (χ2v) is 9.38. The lowest BCUT2D eigenvalue weighted by molar-refractivity contribution is -0.153. The minimum absolute atomic E-state index is 0.0183. The molecule has 1 aliphatic heterocycles. The van der Waals surface area contributed by atoms with E-state index in [9.17, 15) is 22.8 Å². The number of likely N-dealkylation sites (tertiary alicyclic amines) is 1. The Morgan fingerprint density at radius 3 is 2.53 bits per heavy atom. The molecular formula is C21H29BrF3N3O4. The number of nitrogens with zero attached hydrogens (tertiary/aromatic N) is 1. The summed E-state index contributed by atoms with van der Waals surface area (Å²) in [5, 5.41) is 3.09. The maximum atomic E-state index is 13.8. The van der Waals surface area contributed by atoms with Gasteiger partial charge in [0.1, 0.15) is 5.60 Å². The molecule has 11 heteroatoms. The molecule has 0 unspecified atom stereocenters. The van der Waals surface area contributed by atoms with E-state index in [0.29, 0.717) is 19.5 Å². The van der Waals surface area contributed by atoms with E-state index in [2.05, 4.69) is 21.2 Å². The van der Waals surface area contributed by atoms with E-state index in [-0.39, 0.29) is 53.0 Å². The van der Waals surface area contributed by atoms with Crippen LogP contribution in [0.1, 0.15) is 55.6 Å². The van der Waals surface area contributed by atoms with Gasteiger partial charge in [-0.25, -0.2) is 4.79 Å². The normalized spacial score (nSPS) is 17.4.